The van der Waals surface area contributed by atoms with Crippen molar-refractivity contribution in [3.8, 4) is 0 Å². The summed E-state index contributed by atoms with van der Waals surface area (Å²) in [6.07, 6.45) is -0.0628. The Morgan fingerprint density at radius 1 is 1.67 bits per heavy atom. The van der Waals surface area contributed by atoms with E-state index in [-0.39, 0.29) is 18.3 Å². The van der Waals surface area contributed by atoms with E-state index in [9.17, 15) is 0 Å². The van der Waals surface area contributed by atoms with Crippen molar-refractivity contribution in [3.63, 3.8) is 0 Å². The molecule has 0 rings (SSSR count). The number of nitrogens with one attached hydrogen (secondary N) is 1. The molecule has 3 nitrogen and oxygen atoms in total. The summed E-state index contributed by atoms with van der Waals surface area (Å²) in [5.74, 6) is 0. The average molecular weight is 132 g/mol. The predicted molar refractivity (Wildman–Crippen MR) is 37.9 cm³/mol. The van der Waals surface area contributed by atoms with Crippen molar-refractivity contribution < 1.29 is 5.11 Å². The Balaban J connectivity index is 3.58. The van der Waals surface area contributed by atoms with Gasteiger partial charge in [0.2, 0.25) is 0 Å². The molecule has 9 heavy (non-hydrogen) atoms. The van der Waals surface area contributed by atoms with Crippen LogP contribution in [0.1, 0.15) is 20.8 Å². The van der Waals surface area contributed by atoms with Crippen molar-refractivity contribution in [2.24, 2.45) is 5.73 Å². The molecule has 0 aliphatic rings. The van der Waals surface area contributed by atoms with Crippen LogP contribution in [0.3, 0.4) is 0 Å². The molecule has 0 aromatic carbocycles. The van der Waals surface area contributed by atoms with Crippen molar-refractivity contribution in [2.45, 2.75) is 32.5 Å². The summed E-state index contributed by atoms with van der Waals surface area (Å²) in [6, 6.07) is 0. The summed E-state index contributed by atoms with van der Waals surface area (Å²) in [7, 11) is 0. The van der Waals surface area contributed by atoms with E-state index < -0.39 is 0 Å². The highest BCUT2D eigenvalue weighted by molar-refractivity contribution is 4.76. The summed E-state index contributed by atoms with van der Waals surface area (Å²) in [5.41, 5.74) is 5.18. The minimum Gasteiger partial charge on any atom is -0.394 e. The number of nitrogens with two attached hydrogens (primary N) is 1. The van der Waals surface area contributed by atoms with Gasteiger partial charge in [-0.3, -0.25) is 5.32 Å². The van der Waals surface area contributed by atoms with Crippen molar-refractivity contribution in [1.82, 2.24) is 5.32 Å². The third kappa shape index (κ3) is 4.39. The van der Waals surface area contributed by atoms with Gasteiger partial charge < -0.3 is 10.8 Å². The maximum Gasteiger partial charge on any atom is 0.0608 e. The van der Waals surface area contributed by atoms with Crippen LogP contribution in [0.25, 0.3) is 0 Å². The lowest BCUT2D eigenvalue weighted by atomic mass is 10.1. The summed E-state index contributed by atoms with van der Waals surface area (Å²) in [6.45, 7) is 5.75. The normalized spacial score (nSPS) is 15.7. The maximum atomic E-state index is 8.72. The first-order valence-electron chi connectivity index (χ1n) is 3.12. The van der Waals surface area contributed by atoms with Crippen molar-refractivity contribution >= 4 is 0 Å². The van der Waals surface area contributed by atoms with E-state index in [4.69, 9.17) is 10.8 Å². The van der Waals surface area contributed by atoms with Gasteiger partial charge in [0.25, 0.3) is 0 Å². The Kier molecular flexibility index (Phi) is 3.11. The minimum atomic E-state index is -0.256. The third-order valence-corrected chi connectivity index (χ3v) is 1.01. The second-order valence-electron chi connectivity index (χ2n) is 2.98. The Labute approximate surface area is 56.2 Å². The first kappa shape index (κ1) is 8.88. The van der Waals surface area contributed by atoms with E-state index in [0.29, 0.717) is 0 Å². The van der Waals surface area contributed by atoms with Gasteiger partial charge in [-0.25, -0.2) is 0 Å². The van der Waals surface area contributed by atoms with Crippen LogP contribution < -0.4 is 11.1 Å². The van der Waals surface area contributed by atoms with Gasteiger partial charge >= 0.3 is 0 Å². The highest BCUT2D eigenvalue weighted by Crippen LogP contribution is 1.98. The molecule has 0 aromatic heterocycles. The SMILES string of the molecule is CC(N)NC(C)(C)CO. The van der Waals surface area contributed by atoms with Crippen LogP contribution in [0.15, 0.2) is 0 Å². The summed E-state index contributed by atoms with van der Waals surface area (Å²) in [5, 5.41) is 11.7. The van der Waals surface area contributed by atoms with Crippen LogP contribution in [-0.2, 0) is 0 Å². The smallest absolute Gasteiger partial charge is 0.0608 e. The van der Waals surface area contributed by atoms with E-state index in [0.717, 1.165) is 0 Å². The van der Waals surface area contributed by atoms with Crippen LogP contribution >= 0.6 is 0 Å². The zero-order valence-electron chi connectivity index (χ0n) is 6.31. The standard InChI is InChI=1S/C6H16N2O/c1-5(7)8-6(2,3)4-9/h5,8-9H,4,7H2,1-3H3. The monoisotopic (exact) mass is 132 g/mol. The van der Waals surface area contributed by atoms with Crippen LogP contribution in [0.4, 0.5) is 0 Å². The quantitative estimate of drug-likeness (QED) is 0.460. The fourth-order valence-electron chi connectivity index (χ4n) is 0.662. The molecule has 1 atom stereocenters. The summed E-state index contributed by atoms with van der Waals surface area (Å²) >= 11 is 0. The van der Waals surface area contributed by atoms with E-state index in [1.807, 2.05) is 20.8 Å². The number of hydrogen-bond donors (Lipinski definition) is 3. The highest BCUT2D eigenvalue weighted by atomic mass is 16.3. The molecule has 0 heterocycles. The van der Waals surface area contributed by atoms with Crippen LogP contribution in [-0.4, -0.2) is 23.4 Å². The van der Waals surface area contributed by atoms with Crippen molar-refractivity contribution in [3.05, 3.63) is 0 Å². The Bertz CT molecular complexity index is 81.1. The molecule has 0 saturated carbocycles. The minimum absolute atomic E-state index is 0.0628. The molecule has 0 saturated heterocycles. The molecule has 0 fully saturated rings. The number of aliphatic hydroxyl groups is 1. The highest BCUT2D eigenvalue weighted by Gasteiger charge is 2.15. The topological polar surface area (TPSA) is 58.3 Å². The van der Waals surface area contributed by atoms with E-state index in [1.165, 1.54) is 0 Å². The second kappa shape index (κ2) is 3.15. The molecule has 0 amide bonds. The molecule has 0 radical (unpaired) electrons. The number of aliphatic hydroxyl groups excluding tert-OH is 1. The molecule has 1 unspecified atom stereocenters. The summed E-state index contributed by atoms with van der Waals surface area (Å²) < 4.78 is 0. The molecule has 0 bridgehead atoms. The van der Waals surface area contributed by atoms with Crippen LogP contribution in [0.2, 0.25) is 0 Å². The van der Waals surface area contributed by atoms with Gasteiger partial charge in [-0.2, -0.15) is 0 Å². The molecule has 0 aliphatic carbocycles. The van der Waals surface area contributed by atoms with Gasteiger partial charge in [0.1, 0.15) is 0 Å². The van der Waals surface area contributed by atoms with Crippen LogP contribution in [0, 0.1) is 0 Å². The third-order valence-electron chi connectivity index (χ3n) is 1.01. The van der Waals surface area contributed by atoms with Gasteiger partial charge in [0.15, 0.2) is 0 Å². The molecular formula is C6H16N2O. The zero-order chi connectivity index (χ0) is 7.49. The Hall–Kier alpha value is -0.120. The van der Waals surface area contributed by atoms with E-state index >= 15 is 0 Å². The zero-order valence-corrected chi connectivity index (χ0v) is 6.31. The molecule has 0 aromatic rings. The largest absolute Gasteiger partial charge is 0.394 e. The molecule has 0 spiro atoms. The van der Waals surface area contributed by atoms with Crippen molar-refractivity contribution in [1.29, 1.82) is 0 Å². The van der Waals surface area contributed by atoms with Gasteiger partial charge in [0.05, 0.1) is 12.8 Å². The van der Waals surface area contributed by atoms with E-state index in [1.54, 1.807) is 0 Å². The Morgan fingerprint density at radius 2 is 2.11 bits per heavy atom. The van der Waals surface area contributed by atoms with Gasteiger partial charge in [-0.15, -0.1) is 0 Å². The molecule has 0 aliphatic heterocycles. The lowest BCUT2D eigenvalue weighted by Crippen LogP contribution is -2.50. The predicted octanol–water partition coefficient (Wildman–Crippen LogP) is -0.348. The van der Waals surface area contributed by atoms with Gasteiger partial charge in [-0.1, -0.05) is 0 Å². The molecular weight excluding hydrogens is 116 g/mol. The number of rotatable bonds is 3. The lowest BCUT2D eigenvalue weighted by molar-refractivity contribution is 0.178. The fraction of sp³-hybridized carbons (Fsp3) is 1.00. The molecule has 3 heteroatoms. The maximum absolute atomic E-state index is 8.72. The van der Waals surface area contributed by atoms with Crippen LogP contribution in [0.5, 0.6) is 0 Å². The summed E-state index contributed by atoms with van der Waals surface area (Å²) in [4.78, 5) is 0. The van der Waals surface area contributed by atoms with Gasteiger partial charge in [0, 0.05) is 5.54 Å². The van der Waals surface area contributed by atoms with Gasteiger partial charge in [-0.05, 0) is 20.8 Å². The van der Waals surface area contributed by atoms with Crippen molar-refractivity contribution in [2.75, 3.05) is 6.61 Å². The second-order valence-corrected chi connectivity index (χ2v) is 2.98. The molecule has 56 valence electrons. The fourth-order valence-corrected chi connectivity index (χ4v) is 0.662. The Morgan fingerprint density at radius 3 is 2.22 bits per heavy atom. The van der Waals surface area contributed by atoms with E-state index in [2.05, 4.69) is 5.32 Å². The first-order valence-corrected chi connectivity index (χ1v) is 3.12. The lowest BCUT2D eigenvalue weighted by Gasteiger charge is -2.25. The average Bonchev–Trinajstić information content (AvgIpc) is 1.63. The number of hydrogen-bond acceptors (Lipinski definition) is 3. The molecule has 4 N–H and O–H groups in total. The first-order chi connectivity index (χ1) is 3.98.